The third-order valence-electron chi connectivity index (χ3n) is 4.72. The van der Waals surface area contributed by atoms with Crippen molar-refractivity contribution < 1.29 is 14.3 Å². The molecule has 0 aromatic rings. The van der Waals surface area contributed by atoms with Crippen molar-refractivity contribution in [2.75, 3.05) is 7.11 Å². The van der Waals surface area contributed by atoms with E-state index in [9.17, 15) is 9.59 Å². The predicted molar refractivity (Wildman–Crippen MR) is 72.5 cm³/mol. The molecule has 0 N–H and O–H groups in total. The summed E-state index contributed by atoms with van der Waals surface area (Å²) in [4.78, 5) is 26.0. The molecule has 1 heterocycles. The monoisotopic (exact) mass is 267 g/mol. The van der Waals surface area contributed by atoms with Crippen LogP contribution in [0.4, 0.5) is 0 Å². The molecule has 4 atom stereocenters. The highest BCUT2D eigenvalue weighted by Crippen LogP contribution is 2.40. The lowest BCUT2D eigenvalue weighted by Gasteiger charge is -2.34. The maximum absolute atomic E-state index is 12.6. The standard InChI is InChI=1S/C15H25NO3/c1-10(8-14(17)19-3)15(18)16-11(2)9-12-6-4-5-7-13(12)16/h10-13H,4-9H2,1-3H3. The van der Waals surface area contributed by atoms with Crippen LogP contribution >= 0.6 is 0 Å². The number of amides is 1. The molecule has 2 rings (SSSR count). The molecule has 1 aliphatic carbocycles. The van der Waals surface area contributed by atoms with Crippen molar-refractivity contribution >= 4 is 11.9 Å². The van der Waals surface area contributed by atoms with Gasteiger partial charge in [-0.25, -0.2) is 0 Å². The van der Waals surface area contributed by atoms with Crippen LogP contribution in [-0.4, -0.2) is 36.0 Å². The molecular weight excluding hydrogens is 242 g/mol. The Morgan fingerprint density at radius 3 is 2.68 bits per heavy atom. The fraction of sp³-hybridized carbons (Fsp3) is 0.867. The minimum atomic E-state index is -0.298. The highest BCUT2D eigenvalue weighted by molar-refractivity contribution is 5.84. The van der Waals surface area contributed by atoms with E-state index in [2.05, 4.69) is 16.6 Å². The zero-order chi connectivity index (χ0) is 14.0. The molecule has 2 fully saturated rings. The maximum atomic E-state index is 12.6. The van der Waals surface area contributed by atoms with Crippen LogP contribution < -0.4 is 0 Å². The lowest BCUT2D eigenvalue weighted by atomic mass is 9.84. The minimum Gasteiger partial charge on any atom is -0.469 e. The number of fused-ring (bicyclic) bond motifs is 1. The van der Waals surface area contributed by atoms with Crippen LogP contribution in [0.15, 0.2) is 0 Å². The molecule has 1 aliphatic heterocycles. The quantitative estimate of drug-likeness (QED) is 0.737. The number of carbonyl (C=O) groups is 2. The number of ether oxygens (including phenoxy) is 1. The first-order valence-corrected chi connectivity index (χ1v) is 7.43. The van der Waals surface area contributed by atoms with Gasteiger partial charge in [0, 0.05) is 18.0 Å². The molecule has 4 nitrogen and oxygen atoms in total. The molecule has 1 amide bonds. The van der Waals surface area contributed by atoms with Crippen LogP contribution in [0.1, 0.15) is 52.4 Å². The topological polar surface area (TPSA) is 46.6 Å². The van der Waals surface area contributed by atoms with Gasteiger partial charge in [-0.1, -0.05) is 19.8 Å². The molecule has 0 aromatic heterocycles. The van der Waals surface area contributed by atoms with E-state index in [0.717, 1.165) is 12.8 Å². The zero-order valence-corrected chi connectivity index (χ0v) is 12.2. The molecule has 4 heteroatoms. The van der Waals surface area contributed by atoms with E-state index in [4.69, 9.17) is 0 Å². The average Bonchev–Trinajstić information content (AvgIpc) is 2.73. The maximum Gasteiger partial charge on any atom is 0.306 e. The molecule has 1 saturated heterocycles. The van der Waals surface area contributed by atoms with Crippen molar-refractivity contribution in [1.82, 2.24) is 4.90 Å². The van der Waals surface area contributed by atoms with E-state index in [1.54, 1.807) is 0 Å². The Hall–Kier alpha value is -1.06. The number of esters is 1. The fourth-order valence-corrected chi connectivity index (χ4v) is 3.76. The fourth-order valence-electron chi connectivity index (χ4n) is 3.76. The Labute approximate surface area is 115 Å². The van der Waals surface area contributed by atoms with Crippen molar-refractivity contribution in [3.05, 3.63) is 0 Å². The first-order valence-electron chi connectivity index (χ1n) is 7.43. The van der Waals surface area contributed by atoms with E-state index in [1.165, 1.54) is 26.4 Å². The number of rotatable bonds is 3. The summed E-state index contributed by atoms with van der Waals surface area (Å²) in [5.74, 6) is 0.244. The molecule has 0 bridgehead atoms. The smallest absolute Gasteiger partial charge is 0.306 e. The van der Waals surface area contributed by atoms with E-state index >= 15 is 0 Å². The summed E-state index contributed by atoms with van der Waals surface area (Å²) >= 11 is 0. The Morgan fingerprint density at radius 1 is 1.32 bits per heavy atom. The molecule has 2 aliphatic rings. The molecule has 19 heavy (non-hydrogen) atoms. The van der Waals surface area contributed by atoms with Gasteiger partial charge in [0.2, 0.25) is 5.91 Å². The normalized spacial score (nSPS) is 31.7. The van der Waals surface area contributed by atoms with Crippen LogP contribution in [0.25, 0.3) is 0 Å². The Morgan fingerprint density at radius 2 is 2.00 bits per heavy atom. The third kappa shape index (κ3) is 2.93. The van der Waals surface area contributed by atoms with E-state index in [1.807, 2.05) is 6.92 Å². The Balaban J connectivity index is 2.02. The molecule has 1 saturated carbocycles. The molecule has 108 valence electrons. The van der Waals surface area contributed by atoms with Crippen molar-refractivity contribution in [2.24, 2.45) is 11.8 Å². The van der Waals surface area contributed by atoms with Gasteiger partial charge in [-0.05, 0) is 32.1 Å². The lowest BCUT2D eigenvalue weighted by molar-refractivity contribution is -0.147. The third-order valence-corrected chi connectivity index (χ3v) is 4.72. The van der Waals surface area contributed by atoms with Crippen LogP contribution in [0.2, 0.25) is 0 Å². The van der Waals surface area contributed by atoms with Crippen molar-refractivity contribution in [1.29, 1.82) is 0 Å². The SMILES string of the molecule is COC(=O)CC(C)C(=O)N1C(C)CC2CCCCC21. The summed E-state index contributed by atoms with van der Waals surface area (Å²) in [6.07, 6.45) is 6.23. The largest absolute Gasteiger partial charge is 0.469 e. The second kappa shape index (κ2) is 5.93. The number of carbonyl (C=O) groups excluding carboxylic acids is 2. The van der Waals surface area contributed by atoms with Gasteiger partial charge in [-0.15, -0.1) is 0 Å². The summed E-state index contributed by atoms with van der Waals surface area (Å²) in [6.45, 7) is 3.98. The Bertz CT molecular complexity index is 355. The number of nitrogens with zero attached hydrogens (tertiary/aromatic N) is 1. The van der Waals surface area contributed by atoms with E-state index in [0.29, 0.717) is 18.0 Å². The second-order valence-corrected chi connectivity index (χ2v) is 6.12. The van der Waals surface area contributed by atoms with Crippen LogP contribution in [0.3, 0.4) is 0 Å². The first kappa shape index (κ1) is 14.4. The first-order chi connectivity index (χ1) is 9.04. The van der Waals surface area contributed by atoms with Crippen molar-refractivity contribution in [3.8, 4) is 0 Å². The summed E-state index contributed by atoms with van der Waals surface area (Å²) in [6, 6.07) is 0.733. The lowest BCUT2D eigenvalue weighted by Crippen LogP contribution is -2.45. The summed E-state index contributed by atoms with van der Waals surface area (Å²) < 4.78 is 4.66. The number of hydrogen-bond acceptors (Lipinski definition) is 3. The van der Waals surface area contributed by atoms with Gasteiger partial charge in [0.05, 0.1) is 13.5 Å². The van der Waals surface area contributed by atoms with Crippen molar-refractivity contribution in [3.63, 3.8) is 0 Å². The minimum absolute atomic E-state index is 0.132. The number of likely N-dealkylation sites (tertiary alicyclic amines) is 1. The summed E-state index contributed by atoms with van der Waals surface area (Å²) in [5.41, 5.74) is 0. The zero-order valence-electron chi connectivity index (χ0n) is 12.2. The van der Waals surface area contributed by atoms with Crippen LogP contribution in [-0.2, 0) is 14.3 Å². The van der Waals surface area contributed by atoms with Gasteiger partial charge in [-0.2, -0.15) is 0 Å². The van der Waals surface area contributed by atoms with E-state index < -0.39 is 0 Å². The molecule has 0 spiro atoms. The average molecular weight is 267 g/mol. The van der Waals surface area contributed by atoms with Gasteiger partial charge in [0.25, 0.3) is 0 Å². The summed E-state index contributed by atoms with van der Waals surface area (Å²) in [5, 5.41) is 0. The second-order valence-electron chi connectivity index (χ2n) is 6.12. The molecule has 0 aromatic carbocycles. The highest BCUT2D eigenvalue weighted by atomic mass is 16.5. The summed E-state index contributed by atoms with van der Waals surface area (Å²) in [7, 11) is 1.37. The molecular formula is C15H25NO3. The number of methoxy groups -OCH3 is 1. The van der Waals surface area contributed by atoms with Gasteiger partial charge < -0.3 is 9.64 Å². The predicted octanol–water partition coefficient (Wildman–Crippen LogP) is 2.37. The van der Waals surface area contributed by atoms with Gasteiger partial charge in [-0.3, -0.25) is 9.59 Å². The van der Waals surface area contributed by atoms with E-state index in [-0.39, 0.29) is 24.2 Å². The molecule has 0 radical (unpaired) electrons. The van der Waals surface area contributed by atoms with Crippen molar-refractivity contribution in [2.45, 2.75) is 64.5 Å². The van der Waals surface area contributed by atoms with Gasteiger partial charge >= 0.3 is 5.97 Å². The van der Waals surface area contributed by atoms with Crippen LogP contribution in [0, 0.1) is 11.8 Å². The van der Waals surface area contributed by atoms with Gasteiger partial charge in [0.1, 0.15) is 0 Å². The Kier molecular flexibility index (Phi) is 4.48. The molecule has 4 unspecified atom stereocenters. The number of hydrogen-bond donors (Lipinski definition) is 0. The van der Waals surface area contributed by atoms with Gasteiger partial charge in [0.15, 0.2) is 0 Å². The van der Waals surface area contributed by atoms with Crippen LogP contribution in [0.5, 0.6) is 0 Å². The highest BCUT2D eigenvalue weighted by Gasteiger charge is 2.43.